The molecule has 1 aromatic carbocycles. The van der Waals surface area contributed by atoms with Gasteiger partial charge in [0.15, 0.2) is 0 Å². The Balaban J connectivity index is 2.37. The van der Waals surface area contributed by atoms with E-state index in [1.807, 2.05) is 0 Å². The van der Waals surface area contributed by atoms with Crippen molar-refractivity contribution in [2.75, 3.05) is 0 Å². The molecule has 102 valence electrons. The number of rotatable bonds is 3. The first-order valence-electron chi connectivity index (χ1n) is 6.85. The fourth-order valence-corrected chi connectivity index (χ4v) is 3.20. The fraction of sp³-hybridized carbons (Fsp3) is 0.562. The Morgan fingerprint density at radius 2 is 2.11 bits per heavy atom. The third-order valence-corrected chi connectivity index (χ3v) is 4.75. The van der Waals surface area contributed by atoms with E-state index in [1.54, 1.807) is 19.1 Å². The molecule has 3 heteroatoms. The second-order valence-corrected chi connectivity index (χ2v) is 5.79. The predicted molar refractivity (Wildman–Crippen MR) is 71.6 cm³/mol. The van der Waals surface area contributed by atoms with Gasteiger partial charge in [0.2, 0.25) is 0 Å². The summed E-state index contributed by atoms with van der Waals surface area (Å²) in [5, 5.41) is 20.5. The summed E-state index contributed by atoms with van der Waals surface area (Å²) >= 11 is 0. The quantitative estimate of drug-likeness (QED) is 0.900. The molecule has 1 saturated carbocycles. The summed E-state index contributed by atoms with van der Waals surface area (Å²) in [6.45, 7) is 3.80. The number of aliphatic hydroxyl groups is 1. The van der Waals surface area contributed by atoms with Crippen molar-refractivity contribution >= 4 is 0 Å². The van der Waals surface area contributed by atoms with Crippen LogP contribution in [-0.4, -0.2) is 5.11 Å². The number of benzene rings is 1. The Hall–Kier alpha value is -1.40. The Morgan fingerprint density at radius 1 is 1.47 bits per heavy atom. The molecule has 19 heavy (non-hydrogen) atoms. The summed E-state index contributed by atoms with van der Waals surface area (Å²) < 4.78 is 13.0. The molecular formula is C16H20FNO. The summed E-state index contributed by atoms with van der Waals surface area (Å²) in [5.41, 5.74) is -1.38. The Bertz CT molecular complexity index is 488. The zero-order valence-corrected chi connectivity index (χ0v) is 11.5. The third-order valence-electron chi connectivity index (χ3n) is 4.75. The predicted octanol–water partition coefficient (Wildman–Crippen LogP) is 3.75. The molecule has 1 fully saturated rings. The van der Waals surface area contributed by atoms with E-state index >= 15 is 0 Å². The molecule has 0 radical (unpaired) electrons. The van der Waals surface area contributed by atoms with Crippen molar-refractivity contribution in [3.63, 3.8) is 0 Å². The minimum Gasteiger partial charge on any atom is -0.384 e. The maximum absolute atomic E-state index is 13.0. The molecule has 1 N–H and O–H groups in total. The zero-order valence-electron chi connectivity index (χ0n) is 11.5. The SMILES string of the molecule is CCC1CCC(C#N)(C(C)(O)c2ccc(F)cc2)C1. The number of hydrogen-bond acceptors (Lipinski definition) is 2. The Morgan fingerprint density at radius 3 is 2.58 bits per heavy atom. The lowest BCUT2D eigenvalue weighted by Gasteiger charge is -2.38. The van der Waals surface area contributed by atoms with Crippen LogP contribution in [0.5, 0.6) is 0 Å². The molecule has 0 amide bonds. The first kappa shape index (κ1) is 14.0. The van der Waals surface area contributed by atoms with Crippen molar-refractivity contribution in [1.82, 2.24) is 0 Å². The van der Waals surface area contributed by atoms with E-state index in [-0.39, 0.29) is 5.82 Å². The molecule has 3 unspecified atom stereocenters. The number of nitrogens with zero attached hydrogens (tertiary/aromatic N) is 1. The monoisotopic (exact) mass is 261 g/mol. The minimum atomic E-state index is -1.24. The maximum atomic E-state index is 13.0. The van der Waals surface area contributed by atoms with Crippen molar-refractivity contribution in [1.29, 1.82) is 5.26 Å². The van der Waals surface area contributed by atoms with Gasteiger partial charge >= 0.3 is 0 Å². The summed E-state index contributed by atoms with van der Waals surface area (Å²) in [7, 11) is 0. The van der Waals surface area contributed by atoms with Gasteiger partial charge in [0.1, 0.15) is 11.4 Å². The van der Waals surface area contributed by atoms with Crippen LogP contribution < -0.4 is 0 Å². The zero-order chi connectivity index (χ0) is 14.1. The smallest absolute Gasteiger partial charge is 0.123 e. The van der Waals surface area contributed by atoms with Crippen molar-refractivity contribution in [3.8, 4) is 6.07 Å². The van der Waals surface area contributed by atoms with Crippen LogP contribution in [0.4, 0.5) is 4.39 Å². The average molecular weight is 261 g/mol. The van der Waals surface area contributed by atoms with Gasteiger partial charge in [-0.15, -0.1) is 0 Å². The van der Waals surface area contributed by atoms with Crippen LogP contribution in [-0.2, 0) is 5.60 Å². The van der Waals surface area contributed by atoms with Gasteiger partial charge in [-0.1, -0.05) is 25.5 Å². The first-order valence-corrected chi connectivity index (χ1v) is 6.85. The van der Waals surface area contributed by atoms with E-state index in [2.05, 4.69) is 13.0 Å². The topological polar surface area (TPSA) is 44.0 Å². The second kappa shape index (κ2) is 4.94. The van der Waals surface area contributed by atoms with Gasteiger partial charge in [-0.2, -0.15) is 5.26 Å². The average Bonchev–Trinajstić information content (AvgIpc) is 2.84. The summed E-state index contributed by atoms with van der Waals surface area (Å²) in [6.07, 6.45) is 3.42. The van der Waals surface area contributed by atoms with Gasteiger partial charge in [0.05, 0.1) is 11.5 Å². The highest BCUT2D eigenvalue weighted by molar-refractivity contribution is 5.29. The lowest BCUT2D eigenvalue weighted by molar-refractivity contribution is -0.0442. The van der Waals surface area contributed by atoms with E-state index in [9.17, 15) is 14.8 Å². The van der Waals surface area contributed by atoms with Crippen LogP contribution in [0, 0.1) is 28.5 Å². The maximum Gasteiger partial charge on any atom is 0.123 e. The fourth-order valence-electron chi connectivity index (χ4n) is 3.20. The van der Waals surface area contributed by atoms with Gasteiger partial charge in [-0.05, 0) is 49.8 Å². The van der Waals surface area contributed by atoms with Gasteiger partial charge < -0.3 is 5.11 Å². The van der Waals surface area contributed by atoms with E-state index in [0.29, 0.717) is 24.3 Å². The summed E-state index contributed by atoms with van der Waals surface area (Å²) in [4.78, 5) is 0. The molecule has 1 aromatic rings. The van der Waals surface area contributed by atoms with Crippen molar-refractivity contribution in [2.24, 2.45) is 11.3 Å². The van der Waals surface area contributed by atoms with Crippen LogP contribution in [0.3, 0.4) is 0 Å². The van der Waals surface area contributed by atoms with Crippen LogP contribution in [0.1, 0.15) is 45.1 Å². The Labute approximate surface area is 113 Å². The molecule has 0 heterocycles. The van der Waals surface area contributed by atoms with E-state index < -0.39 is 11.0 Å². The van der Waals surface area contributed by atoms with Crippen LogP contribution in [0.25, 0.3) is 0 Å². The molecule has 1 aliphatic rings. The largest absolute Gasteiger partial charge is 0.384 e. The molecule has 2 rings (SSSR count). The van der Waals surface area contributed by atoms with Crippen molar-refractivity contribution in [3.05, 3.63) is 35.6 Å². The molecule has 0 spiro atoms. The van der Waals surface area contributed by atoms with Crippen LogP contribution in [0.15, 0.2) is 24.3 Å². The van der Waals surface area contributed by atoms with Gasteiger partial charge in [-0.25, -0.2) is 4.39 Å². The van der Waals surface area contributed by atoms with E-state index in [1.165, 1.54) is 12.1 Å². The van der Waals surface area contributed by atoms with Crippen molar-refractivity contribution < 1.29 is 9.50 Å². The van der Waals surface area contributed by atoms with E-state index in [0.717, 1.165) is 12.8 Å². The van der Waals surface area contributed by atoms with Crippen molar-refractivity contribution in [2.45, 2.75) is 45.1 Å². The lowest BCUT2D eigenvalue weighted by Crippen LogP contribution is -2.41. The van der Waals surface area contributed by atoms with Gasteiger partial charge in [0, 0.05) is 0 Å². The molecule has 0 bridgehead atoms. The third kappa shape index (κ3) is 2.26. The highest BCUT2D eigenvalue weighted by atomic mass is 19.1. The lowest BCUT2D eigenvalue weighted by atomic mass is 9.68. The number of halogens is 1. The van der Waals surface area contributed by atoms with Crippen LogP contribution >= 0.6 is 0 Å². The second-order valence-electron chi connectivity index (χ2n) is 5.79. The van der Waals surface area contributed by atoms with Gasteiger partial charge in [0.25, 0.3) is 0 Å². The van der Waals surface area contributed by atoms with Crippen LogP contribution in [0.2, 0.25) is 0 Å². The van der Waals surface area contributed by atoms with E-state index in [4.69, 9.17) is 0 Å². The molecule has 3 atom stereocenters. The molecule has 0 saturated heterocycles. The molecule has 2 nitrogen and oxygen atoms in total. The molecule has 0 aromatic heterocycles. The minimum absolute atomic E-state index is 0.330. The summed E-state index contributed by atoms with van der Waals surface area (Å²) in [6, 6.07) is 8.17. The number of hydrogen-bond donors (Lipinski definition) is 1. The Kier molecular flexibility index (Phi) is 3.64. The highest BCUT2D eigenvalue weighted by Gasteiger charge is 2.52. The molecule has 0 aliphatic heterocycles. The normalized spacial score (nSPS) is 29.7. The summed E-state index contributed by atoms with van der Waals surface area (Å²) in [5.74, 6) is 0.162. The van der Waals surface area contributed by atoms with Gasteiger partial charge in [-0.3, -0.25) is 0 Å². The number of nitriles is 1. The molecular weight excluding hydrogens is 241 g/mol. The standard InChI is InChI=1S/C16H20FNO/c1-3-12-8-9-16(10-12,11-18)15(2,19)13-4-6-14(17)7-5-13/h4-7,12,19H,3,8-10H2,1-2H3. The highest BCUT2D eigenvalue weighted by Crippen LogP contribution is 2.53. The first-order chi connectivity index (χ1) is 8.95. The molecule has 1 aliphatic carbocycles.